The van der Waals surface area contributed by atoms with Gasteiger partial charge in [-0.2, -0.15) is 0 Å². The third-order valence-corrected chi connectivity index (χ3v) is 2.57. The van der Waals surface area contributed by atoms with Crippen LogP contribution in [0.15, 0.2) is 0 Å². The summed E-state index contributed by atoms with van der Waals surface area (Å²) in [6.45, 7) is 1.83. The molecule has 0 saturated carbocycles. The van der Waals surface area contributed by atoms with Gasteiger partial charge in [0, 0.05) is 21.3 Å². The van der Waals surface area contributed by atoms with E-state index in [-0.39, 0.29) is 6.10 Å². The van der Waals surface area contributed by atoms with Crippen LogP contribution in [0.3, 0.4) is 0 Å². The number of aliphatic hydroxyl groups excluding tert-OH is 1. The molecule has 0 radical (unpaired) electrons. The summed E-state index contributed by atoms with van der Waals surface area (Å²) in [5.74, 6) is 0. The van der Waals surface area contributed by atoms with Crippen molar-refractivity contribution in [3.05, 3.63) is 0 Å². The second-order valence-corrected chi connectivity index (χ2v) is 3.34. The van der Waals surface area contributed by atoms with Gasteiger partial charge in [0.1, 0.15) is 18.3 Å². The van der Waals surface area contributed by atoms with E-state index in [9.17, 15) is 5.11 Å². The summed E-state index contributed by atoms with van der Waals surface area (Å²) in [5.41, 5.74) is 0. The van der Waals surface area contributed by atoms with Gasteiger partial charge in [-0.05, 0) is 6.92 Å². The minimum absolute atomic E-state index is 0.192. The molecule has 14 heavy (non-hydrogen) atoms. The Morgan fingerprint density at radius 1 is 1.21 bits per heavy atom. The van der Waals surface area contributed by atoms with Crippen LogP contribution >= 0.6 is 0 Å². The monoisotopic (exact) mass is 206 g/mol. The summed E-state index contributed by atoms with van der Waals surface area (Å²) in [6.07, 6.45) is -2.31. The fourth-order valence-electron chi connectivity index (χ4n) is 1.62. The number of aliphatic hydroxyl groups is 1. The Morgan fingerprint density at radius 2 is 1.86 bits per heavy atom. The fraction of sp³-hybridized carbons (Fsp3) is 1.00. The number of hydrogen-bond acceptors (Lipinski definition) is 5. The maximum atomic E-state index is 9.84. The third-order valence-electron chi connectivity index (χ3n) is 2.57. The topological polar surface area (TPSA) is 57.2 Å². The first-order valence-electron chi connectivity index (χ1n) is 4.57. The highest BCUT2D eigenvalue weighted by Gasteiger charge is 2.46. The van der Waals surface area contributed by atoms with Crippen LogP contribution in [0.1, 0.15) is 6.92 Å². The highest BCUT2D eigenvalue weighted by molar-refractivity contribution is 4.90. The van der Waals surface area contributed by atoms with Gasteiger partial charge < -0.3 is 24.1 Å². The molecule has 0 bridgehead atoms. The first-order valence-corrected chi connectivity index (χ1v) is 4.57. The Bertz CT molecular complexity index is 175. The Morgan fingerprint density at radius 3 is 2.21 bits per heavy atom. The minimum Gasteiger partial charge on any atom is -0.387 e. The molecule has 1 rings (SSSR count). The van der Waals surface area contributed by atoms with Crippen molar-refractivity contribution in [2.75, 3.05) is 21.3 Å². The highest BCUT2D eigenvalue weighted by Crippen LogP contribution is 2.26. The summed E-state index contributed by atoms with van der Waals surface area (Å²) in [7, 11) is 4.61. The van der Waals surface area contributed by atoms with Gasteiger partial charge in [0.2, 0.25) is 0 Å². The second kappa shape index (κ2) is 5.04. The van der Waals surface area contributed by atoms with E-state index in [1.54, 1.807) is 7.11 Å². The molecular weight excluding hydrogens is 188 g/mol. The standard InChI is InChI=1S/C9H18O5/c1-5(11-2)7-6(10)8(12-3)9(13-4)14-7/h5-10H,1-4H3/t5-,6+,7-,8+,9-/m0/s1. The van der Waals surface area contributed by atoms with E-state index in [0.29, 0.717) is 0 Å². The van der Waals surface area contributed by atoms with Crippen molar-refractivity contribution >= 4 is 0 Å². The van der Waals surface area contributed by atoms with Crippen LogP contribution in [0.5, 0.6) is 0 Å². The first kappa shape index (κ1) is 11.9. The number of ether oxygens (including phenoxy) is 4. The lowest BCUT2D eigenvalue weighted by Gasteiger charge is -2.20. The SMILES string of the molecule is CO[C@H]1O[C@@H]([C@H](C)OC)[C@@H](O)[C@H]1OC. The predicted octanol–water partition coefficient (Wildman–Crippen LogP) is -0.231. The van der Waals surface area contributed by atoms with Crippen LogP contribution in [0.25, 0.3) is 0 Å². The zero-order valence-electron chi connectivity index (χ0n) is 8.97. The Kier molecular flexibility index (Phi) is 4.28. The van der Waals surface area contributed by atoms with Crippen LogP contribution in [0.2, 0.25) is 0 Å². The van der Waals surface area contributed by atoms with E-state index in [1.807, 2.05) is 6.92 Å². The van der Waals surface area contributed by atoms with Crippen molar-refractivity contribution in [3.8, 4) is 0 Å². The Hall–Kier alpha value is -0.200. The lowest BCUT2D eigenvalue weighted by Crippen LogP contribution is -2.39. The van der Waals surface area contributed by atoms with E-state index in [4.69, 9.17) is 18.9 Å². The van der Waals surface area contributed by atoms with Gasteiger partial charge in [0.05, 0.1) is 6.10 Å². The molecule has 0 spiro atoms. The molecule has 0 aliphatic carbocycles. The maximum absolute atomic E-state index is 9.84. The summed E-state index contributed by atoms with van der Waals surface area (Å²) < 4.78 is 20.7. The molecule has 1 fully saturated rings. The number of rotatable bonds is 4. The molecule has 0 aromatic heterocycles. The summed E-state index contributed by atoms with van der Waals surface area (Å²) in [5, 5.41) is 9.84. The van der Waals surface area contributed by atoms with Gasteiger partial charge in [0.15, 0.2) is 6.29 Å². The molecule has 1 heterocycles. The summed E-state index contributed by atoms with van der Waals surface area (Å²) >= 11 is 0. The molecule has 1 aliphatic heterocycles. The van der Waals surface area contributed by atoms with Gasteiger partial charge in [0.25, 0.3) is 0 Å². The smallest absolute Gasteiger partial charge is 0.186 e. The van der Waals surface area contributed by atoms with E-state index >= 15 is 0 Å². The average Bonchev–Trinajstić information content (AvgIpc) is 2.53. The zero-order chi connectivity index (χ0) is 10.7. The molecule has 1 saturated heterocycles. The van der Waals surface area contributed by atoms with Gasteiger partial charge in [-0.25, -0.2) is 0 Å². The van der Waals surface area contributed by atoms with Gasteiger partial charge in [-0.3, -0.25) is 0 Å². The number of methoxy groups -OCH3 is 3. The minimum atomic E-state index is -0.722. The molecule has 0 aromatic carbocycles. The van der Waals surface area contributed by atoms with Crippen LogP contribution in [0.4, 0.5) is 0 Å². The average molecular weight is 206 g/mol. The van der Waals surface area contributed by atoms with E-state index in [1.165, 1.54) is 14.2 Å². The normalized spacial score (nSPS) is 40.1. The molecule has 1 aliphatic rings. The Balaban J connectivity index is 2.65. The quantitative estimate of drug-likeness (QED) is 0.688. The van der Waals surface area contributed by atoms with Crippen molar-refractivity contribution in [2.45, 2.75) is 37.6 Å². The number of hydrogen-bond donors (Lipinski definition) is 1. The van der Waals surface area contributed by atoms with Crippen LogP contribution in [-0.4, -0.2) is 57.1 Å². The molecule has 0 amide bonds. The molecule has 1 N–H and O–H groups in total. The van der Waals surface area contributed by atoms with Crippen molar-refractivity contribution in [1.29, 1.82) is 0 Å². The van der Waals surface area contributed by atoms with E-state index in [2.05, 4.69) is 0 Å². The lowest BCUT2D eigenvalue weighted by molar-refractivity contribution is -0.169. The van der Waals surface area contributed by atoms with Crippen molar-refractivity contribution in [2.24, 2.45) is 0 Å². The maximum Gasteiger partial charge on any atom is 0.186 e. The molecule has 5 nitrogen and oxygen atoms in total. The molecule has 84 valence electrons. The van der Waals surface area contributed by atoms with Gasteiger partial charge in [-0.15, -0.1) is 0 Å². The molecule has 0 aromatic rings. The second-order valence-electron chi connectivity index (χ2n) is 3.34. The van der Waals surface area contributed by atoms with Crippen molar-refractivity contribution < 1.29 is 24.1 Å². The zero-order valence-corrected chi connectivity index (χ0v) is 8.97. The molecule has 0 unspecified atom stereocenters. The summed E-state index contributed by atoms with van der Waals surface area (Å²) in [6, 6.07) is 0. The molecule has 5 heteroatoms. The van der Waals surface area contributed by atoms with Crippen LogP contribution in [-0.2, 0) is 18.9 Å². The molecule has 5 atom stereocenters. The fourth-order valence-corrected chi connectivity index (χ4v) is 1.62. The Labute approximate surface area is 83.9 Å². The molecular formula is C9H18O5. The van der Waals surface area contributed by atoms with Crippen LogP contribution < -0.4 is 0 Å². The van der Waals surface area contributed by atoms with Crippen molar-refractivity contribution in [3.63, 3.8) is 0 Å². The lowest BCUT2D eigenvalue weighted by atomic mass is 10.1. The first-order chi connectivity index (χ1) is 6.65. The van der Waals surface area contributed by atoms with E-state index < -0.39 is 24.6 Å². The van der Waals surface area contributed by atoms with Crippen LogP contribution in [0, 0.1) is 0 Å². The van der Waals surface area contributed by atoms with E-state index in [0.717, 1.165) is 0 Å². The predicted molar refractivity (Wildman–Crippen MR) is 48.9 cm³/mol. The van der Waals surface area contributed by atoms with Crippen molar-refractivity contribution in [1.82, 2.24) is 0 Å². The summed E-state index contributed by atoms with van der Waals surface area (Å²) in [4.78, 5) is 0. The van der Waals surface area contributed by atoms with Gasteiger partial charge >= 0.3 is 0 Å². The van der Waals surface area contributed by atoms with Gasteiger partial charge in [-0.1, -0.05) is 0 Å². The highest BCUT2D eigenvalue weighted by atomic mass is 16.7. The third kappa shape index (κ3) is 2.07. The largest absolute Gasteiger partial charge is 0.387 e.